The Labute approximate surface area is 103 Å². The zero-order valence-corrected chi connectivity index (χ0v) is 10.1. The van der Waals surface area contributed by atoms with E-state index in [1.165, 1.54) is 0 Å². The van der Waals surface area contributed by atoms with Crippen molar-refractivity contribution in [1.82, 2.24) is 5.32 Å². The number of carbonyl (C=O) groups is 1. The molecule has 0 radical (unpaired) electrons. The van der Waals surface area contributed by atoms with E-state index in [1.807, 2.05) is 5.32 Å². The highest BCUT2D eigenvalue weighted by molar-refractivity contribution is 5.79. The Morgan fingerprint density at radius 1 is 1.44 bits per heavy atom. The van der Waals surface area contributed by atoms with Crippen LogP contribution >= 0.6 is 0 Å². The van der Waals surface area contributed by atoms with E-state index in [2.05, 4.69) is 0 Å². The van der Waals surface area contributed by atoms with Crippen molar-refractivity contribution >= 4 is 5.91 Å². The van der Waals surface area contributed by atoms with Crippen molar-refractivity contribution in [2.45, 2.75) is 44.6 Å². The number of hydrogen-bond acceptors (Lipinski definition) is 2. The van der Waals surface area contributed by atoms with Gasteiger partial charge in [0.15, 0.2) is 0 Å². The summed E-state index contributed by atoms with van der Waals surface area (Å²) in [6, 6.07) is -0.148. The lowest BCUT2D eigenvalue weighted by molar-refractivity contribution is -0.140. The predicted octanol–water partition coefficient (Wildman–Crippen LogP) is 1.77. The van der Waals surface area contributed by atoms with E-state index in [4.69, 9.17) is 5.73 Å². The summed E-state index contributed by atoms with van der Waals surface area (Å²) in [6.45, 7) is 0.446. The van der Waals surface area contributed by atoms with E-state index < -0.39 is 30.7 Å². The summed E-state index contributed by atoms with van der Waals surface area (Å²) in [6.07, 6.45) is -1.68. The van der Waals surface area contributed by atoms with Gasteiger partial charge in [0.1, 0.15) is 0 Å². The minimum absolute atomic E-state index is 0.126. The second-order valence-electron chi connectivity index (χ2n) is 4.84. The fraction of sp³-hybridized carbons (Fsp3) is 0.909. The molecule has 3 unspecified atom stereocenters. The molecule has 1 rings (SSSR count). The largest absolute Gasteiger partial charge is 0.350 e. The normalized spacial score (nSPS) is 29.4. The molecular formula is C11H18F4N2O. The molecule has 0 bridgehead atoms. The first-order valence-corrected chi connectivity index (χ1v) is 5.95. The van der Waals surface area contributed by atoms with Crippen molar-refractivity contribution < 1.29 is 22.4 Å². The average Bonchev–Trinajstić information content (AvgIpc) is 2.29. The number of amides is 1. The maximum Gasteiger partial charge on any atom is 0.324 e. The van der Waals surface area contributed by atoms with Gasteiger partial charge >= 0.3 is 12.3 Å². The molecule has 0 aromatic carbocycles. The zero-order valence-electron chi connectivity index (χ0n) is 10.1. The van der Waals surface area contributed by atoms with Crippen LogP contribution in [0, 0.1) is 11.8 Å². The van der Waals surface area contributed by atoms with Gasteiger partial charge in [-0.3, -0.25) is 4.79 Å². The first-order valence-electron chi connectivity index (χ1n) is 5.95. The fourth-order valence-electron chi connectivity index (χ4n) is 2.18. The first kappa shape index (κ1) is 15.2. The first-order chi connectivity index (χ1) is 8.25. The summed E-state index contributed by atoms with van der Waals surface area (Å²) in [7, 11) is 0. The third kappa shape index (κ3) is 3.57. The van der Waals surface area contributed by atoms with Crippen LogP contribution in [0.3, 0.4) is 0 Å². The molecule has 3 atom stereocenters. The van der Waals surface area contributed by atoms with Gasteiger partial charge in [-0.05, 0) is 18.8 Å². The molecule has 0 aromatic heterocycles. The molecule has 7 heteroatoms. The Balaban J connectivity index is 2.50. The molecule has 106 valence electrons. The smallest absolute Gasteiger partial charge is 0.324 e. The topological polar surface area (TPSA) is 55.1 Å². The molecular weight excluding hydrogens is 252 g/mol. The van der Waals surface area contributed by atoms with Crippen molar-refractivity contribution in [3.8, 4) is 0 Å². The van der Waals surface area contributed by atoms with Gasteiger partial charge in [0, 0.05) is 12.0 Å². The Morgan fingerprint density at radius 3 is 2.61 bits per heavy atom. The van der Waals surface area contributed by atoms with Crippen molar-refractivity contribution in [3.63, 3.8) is 0 Å². The minimum Gasteiger partial charge on any atom is -0.350 e. The molecule has 1 fully saturated rings. The van der Waals surface area contributed by atoms with Gasteiger partial charge in [0.05, 0.1) is 6.54 Å². The summed E-state index contributed by atoms with van der Waals surface area (Å²) in [5.41, 5.74) is 5.79. The molecule has 1 aliphatic rings. The summed E-state index contributed by atoms with van der Waals surface area (Å²) < 4.78 is 49.2. The summed E-state index contributed by atoms with van der Waals surface area (Å²) >= 11 is 0. The van der Waals surface area contributed by atoms with Crippen LogP contribution in [0.15, 0.2) is 0 Å². The number of carbonyl (C=O) groups excluding carboxylic acids is 1. The second kappa shape index (κ2) is 5.86. The molecule has 18 heavy (non-hydrogen) atoms. The second-order valence-corrected chi connectivity index (χ2v) is 4.84. The van der Waals surface area contributed by atoms with Gasteiger partial charge in [-0.25, -0.2) is 8.78 Å². The Kier molecular flexibility index (Phi) is 4.95. The Hall–Kier alpha value is -0.850. The molecule has 3 N–H and O–H groups in total. The van der Waals surface area contributed by atoms with E-state index in [1.54, 1.807) is 6.92 Å². The van der Waals surface area contributed by atoms with Crippen LogP contribution in [0.1, 0.15) is 26.2 Å². The van der Waals surface area contributed by atoms with Gasteiger partial charge in [0.25, 0.3) is 0 Å². The summed E-state index contributed by atoms with van der Waals surface area (Å²) in [5, 5.41) is 1.90. The number of hydrogen-bond donors (Lipinski definition) is 2. The third-order valence-corrected chi connectivity index (χ3v) is 3.52. The van der Waals surface area contributed by atoms with E-state index in [0.29, 0.717) is 6.42 Å². The van der Waals surface area contributed by atoms with Crippen LogP contribution in [-0.4, -0.2) is 30.8 Å². The summed E-state index contributed by atoms with van der Waals surface area (Å²) in [5.74, 6) is -5.39. The zero-order chi connectivity index (χ0) is 13.9. The van der Waals surface area contributed by atoms with Crippen LogP contribution in [0.4, 0.5) is 17.6 Å². The monoisotopic (exact) mass is 270 g/mol. The van der Waals surface area contributed by atoms with Crippen molar-refractivity contribution in [3.05, 3.63) is 0 Å². The van der Waals surface area contributed by atoms with Gasteiger partial charge in [0.2, 0.25) is 5.91 Å². The van der Waals surface area contributed by atoms with E-state index in [0.717, 1.165) is 12.8 Å². The maximum atomic E-state index is 12.7. The van der Waals surface area contributed by atoms with E-state index in [-0.39, 0.29) is 12.0 Å². The number of halogens is 4. The van der Waals surface area contributed by atoms with Crippen LogP contribution in [0.25, 0.3) is 0 Å². The van der Waals surface area contributed by atoms with Gasteiger partial charge in [-0.2, -0.15) is 8.78 Å². The van der Waals surface area contributed by atoms with Crippen molar-refractivity contribution in [2.24, 2.45) is 17.6 Å². The van der Waals surface area contributed by atoms with Gasteiger partial charge in [-0.15, -0.1) is 0 Å². The number of alkyl halides is 4. The number of rotatable bonds is 4. The van der Waals surface area contributed by atoms with Crippen LogP contribution in [-0.2, 0) is 4.79 Å². The highest BCUT2D eigenvalue weighted by atomic mass is 19.3. The van der Waals surface area contributed by atoms with Crippen LogP contribution in [0.2, 0.25) is 0 Å². The van der Waals surface area contributed by atoms with Crippen molar-refractivity contribution in [1.29, 1.82) is 0 Å². The maximum absolute atomic E-state index is 12.7. The van der Waals surface area contributed by atoms with Crippen molar-refractivity contribution in [2.75, 3.05) is 6.54 Å². The molecule has 0 saturated heterocycles. The quantitative estimate of drug-likeness (QED) is 0.765. The summed E-state index contributed by atoms with van der Waals surface area (Å²) in [4.78, 5) is 11.7. The molecule has 1 amide bonds. The molecule has 0 aromatic rings. The Morgan fingerprint density at radius 2 is 2.06 bits per heavy atom. The molecule has 0 aliphatic heterocycles. The van der Waals surface area contributed by atoms with E-state index in [9.17, 15) is 22.4 Å². The SMILES string of the molecule is CC1C(N)CCCC1C(=O)NCC(F)(F)C(F)F. The lowest BCUT2D eigenvalue weighted by atomic mass is 9.77. The third-order valence-electron chi connectivity index (χ3n) is 3.52. The molecule has 0 heterocycles. The van der Waals surface area contributed by atoms with Crippen LogP contribution in [0.5, 0.6) is 0 Å². The Bertz CT molecular complexity index is 299. The van der Waals surface area contributed by atoms with E-state index >= 15 is 0 Å². The minimum atomic E-state index is -4.18. The van der Waals surface area contributed by atoms with Gasteiger partial charge in [-0.1, -0.05) is 13.3 Å². The van der Waals surface area contributed by atoms with Gasteiger partial charge < -0.3 is 11.1 Å². The number of nitrogens with two attached hydrogens (primary N) is 1. The highest BCUT2D eigenvalue weighted by Crippen LogP contribution is 2.29. The fourth-order valence-corrected chi connectivity index (χ4v) is 2.18. The molecule has 0 spiro atoms. The lowest BCUT2D eigenvalue weighted by Gasteiger charge is -2.33. The lowest BCUT2D eigenvalue weighted by Crippen LogP contribution is -2.48. The molecule has 3 nitrogen and oxygen atoms in total. The highest BCUT2D eigenvalue weighted by Gasteiger charge is 2.42. The number of nitrogens with one attached hydrogen (secondary N) is 1. The molecule has 1 aliphatic carbocycles. The standard InChI is InChI=1S/C11H18F4N2O/c1-6-7(3-2-4-8(6)16)9(18)17-5-11(14,15)10(12)13/h6-8,10H,2-5,16H2,1H3,(H,17,18). The predicted molar refractivity (Wildman–Crippen MR) is 58.4 cm³/mol. The average molecular weight is 270 g/mol. The van der Waals surface area contributed by atoms with Crippen LogP contribution < -0.4 is 11.1 Å². The molecule has 1 saturated carbocycles.